The molecule has 1 aromatic rings. The summed E-state index contributed by atoms with van der Waals surface area (Å²) in [6.45, 7) is 0. The van der Waals surface area contributed by atoms with Crippen molar-refractivity contribution in [3.05, 3.63) is 35.9 Å². The number of carbonyl (C=O) groups excluding carboxylic acids is 1. The molecule has 1 rings (SSSR count). The van der Waals surface area contributed by atoms with E-state index < -0.39 is 17.5 Å². The van der Waals surface area contributed by atoms with Gasteiger partial charge in [0.05, 0.1) is 13.2 Å². The standard InChI is InChI=1S/C11H13ClO3/c1-15-11(14)10(12)9(13)7-8-5-3-2-4-6-8/h2-6,9-10,13H,7H2,1H3/t9-,10+/m1/s1. The van der Waals surface area contributed by atoms with Crippen LogP contribution < -0.4 is 0 Å². The van der Waals surface area contributed by atoms with Crippen molar-refractivity contribution in [3.63, 3.8) is 0 Å². The number of alkyl halides is 1. The molecule has 0 aliphatic rings. The molecule has 0 saturated heterocycles. The number of hydrogen-bond donors (Lipinski definition) is 1. The van der Waals surface area contributed by atoms with Gasteiger partial charge in [-0.15, -0.1) is 11.6 Å². The number of hydrogen-bond acceptors (Lipinski definition) is 3. The molecule has 0 aliphatic carbocycles. The summed E-state index contributed by atoms with van der Waals surface area (Å²) in [5, 5.41) is 8.62. The number of benzene rings is 1. The highest BCUT2D eigenvalue weighted by atomic mass is 35.5. The maximum Gasteiger partial charge on any atom is 0.326 e. The Morgan fingerprint density at radius 3 is 2.60 bits per heavy atom. The van der Waals surface area contributed by atoms with Crippen LogP contribution in [0.5, 0.6) is 0 Å². The number of methoxy groups -OCH3 is 1. The number of rotatable bonds is 4. The predicted molar refractivity (Wildman–Crippen MR) is 57.8 cm³/mol. The number of esters is 1. The molecular formula is C11H13ClO3. The Kier molecular flexibility index (Phi) is 4.59. The molecule has 15 heavy (non-hydrogen) atoms. The fraction of sp³-hybridized carbons (Fsp3) is 0.364. The maximum absolute atomic E-state index is 11.0. The molecule has 1 aromatic carbocycles. The van der Waals surface area contributed by atoms with Crippen molar-refractivity contribution in [2.24, 2.45) is 0 Å². The van der Waals surface area contributed by atoms with Gasteiger partial charge in [0, 0.05) is 6.42 Å². The normalized spacial score (nSPS) is 14.3. The number of ether oxygens (including phenoxy) is 1. The van der Waals surface area contributed by atoms with E-state index in [0.717, 1.165) is 5.56 Å². The number of halogens is 1. The lowest BCUT2D eigenvalue weighted by atomic mass is 10.1. The van der Waals surface area contributed by atoms with E-state index >= 15 is 0 Å². The molecule has 0 amide bonds. The first-order valence-electron chi connectivity index (χ1n) is 4.59. The summed E-state index contributed by atoms with van der Waals surface area (Å²) in [7, 11) is 1.24. The summed E-state index contributed by atoms with van der Waals surface area (Å²) in [6, 6.07) is 9.34. The van der Waals surface area contributed by atoms with Gasteiger partial charge in [-0.05, 0) is 5.56 Å². The average Bonchev–Trinajstić information content (AvgIpc) is 2.28. The minimum atomic E-state index is -1.02. The third-order valence-corrected chi connectivity index (χ3v) is 2.52. The Balaban J connectivity index is 2.56. The molecule has 0 radical (unpaired) electrons. The van der Waals surface area contributed by atoms with Gasteiger partial charge in [0.1, 0.15) is 0 Å². The van der Waals surface area contributed by atoms with Gasteiger partial charge in [0.15, 0.2) is 5.38 Å². The van der Waals surface area contributed by atoms with Gasteiger partial charge < -0.3 is 9.84 Å². The molecular weight excluding hydrogens is 216 g/mol. The van der Waals surface area contributed by atoms with Crippen molar-refractivity contribution in [3.8, 4) is 0 Å². The third kappa shape index (κ3) is 3.53. The highest BCUT2D eigenvalue weighted by Crippen LogP contribution is 2.11. The number of aliphatic hydroxyl groups excluding tert-OH is 1. The molecule has 0 aromatic heterocycles. The molecule has 3 nitrogen and oxygen atoms in total. The molecule has 1 N–H and O–H groups in total. The first kappa shape index (κ1) is 12.0. The summed E-state index contributed by atoms with van der Waals surface area (Å²) in [6.07, 6.45) is -0.592. The minimum absolute atomic E-state index is 0.337. The number of aliphatic hydroxyl groups is 1. The monoisotopic (exact) mass is 228 g/mol. The molecule has 4 heteroatoms. The predicted octanol–water partition coefficient (Wildman–Crippen LogP) is 1.37. The summed E-state index contributed by atoms with van der Waals surface area (Å²) >= 11 is 5.71. The SMILES string of the molecule is COC(=O)[C@@H](Cl)[C@H](O)Cc1ccccc1. The first-order valence-corrected chi connectivity index (χ1v) is 5.02. The Labute approximate surface area is 93.6 Å². The van der Waals surface area contributed by atoms with E-state index in [9.17, 15) is 9.90 Å². The molecule has 0 fully saturated rings. The molecule has 0 heterocycles. The van der Waals surface area contributed by atoms with Crippen LogP contribution in [0.4, 0.5) is 0 Å². The molecule has 0 saturated carbocycles. The van der Waals surface area contributed by atoms with Gasteiger partial charge in [-0.1, -0.05) is 30.3 Å². The third-order valence-electron chi connectivity index (χ3n) is 2.05. The summed E-state index contributed by atoms with van der Waals surface area (Å²) in [5.41, 5.74) is 0.930. The summed E-state index contributed by atoms with van der Waals surface area (Å²) in [5.74, 6) is -0.611. The zero-order chi connectivity index (χ0) is 11.3. The second-order valence-electron chi connectivity index (χ2n) is 3.18. The van der Waals surface area contributed by atoms with Crippen molar-refractivity contribution < 1.29 is 14.6 Å². The van der Waals surface area contributed by atoms with E-state index in [-0.39, 0.29) is 0 Å². The van der Waals surface area contributed by atoms with Crippen molar-refractivity contribution in [1.29, 1.82) is 0 Å². The van der Waals surface area contributed by atoms with Gasteiger partial charge in [0.25, 0.3) is 0 Å². The lowest BCUT2D eigenvalue weighted by Gasteiger charge is -2.14. The highest BCUT2D eigenvalue weighted by Gasteiger charge is 2.25. The second-order valence-corrected chi connectivity index (χ2v) is 3.65. The maximum atomic E-state index is 11.0. The van der Waals surface area contributed by atoms with Crippen molar-refractivity contribution in [2.45, 2.75) is 17.9 Å². The lowest BCUT2D eigenvalue weighted by Crippen LogP contribution is -2.31. The molecule has 0 aliphatic heterocycles. The molecule has 82 valence electrons. The summed E-state index contributed by atoms with van der Waals surface area (Å²) < 4.78 is 4.44. The fourth-order valence-electron chi connectivity index (χ4n) is 1.23. The van der Waals surface area contributed by atoms with Crippen LogP contribution in [-0.4, -0.2) is 29.7 Å². The van der Waals surface area contributed by atoms with Crippen molar-refractivity contribution in [2.75, 3.05) is 7.11 Å². The van der Waals surface area contributed by atoms with Crippen LogP contribution in [0, 0.1) is 0 Å². The van der Waals surface area contributed by atoms with E-state index in [1.807, 2.05) is 30.3 Å². The second kappa shape index (κ2) is 5.73. The average molecular weight is 229 g/mol. The molecule has 0 bridgehead atoms. The summed E-state index contributed by atoms with van der Waals surface area (Å²) in [4.78, 5) is 11.0. The van der Waals surface area contributed by atoms with Crippen molar-refractivity contribution in [1.82, 2.24) is 0 Å². The van der Waals surface area contributed by atoms with Crippen LogP contribution in [0.3, 0.4) is 0 Å². The van der Waals surface area contributed by atoms with Gasteiger partial charge >= 0.3 is 5.97 Å². The van der Waals surface area contributed by atoms with E-state index in [1.54, 1.807) is 0 Å². The van der Waals surface area contributed by atoms with Crippen LogP contribution >= 0.6 is 11.6 Å². The Morgan fingerprint density at radius 2 is 2.07 bits per heavy atom. The van der Waals surface area contributed by atoms with Crippen LogP contribution in [-0.2, 0) is 16.0 Å². The first-order chi connectivity index (χ1) is 7.15. The topological polar surface area (TPSA) is 46.5 Å². The fourth-order valence-corrected chi connectivity index (χ4v) is 1.41. The quantitative estimate of drug-likeness (QED) is 0.626. The number of carbonyl (C=O) groups is 1. The Hall–Kier alpha value is -1.06. The van der Waals surface area contributed by atoms with Crippen LogP contribution in [0.2, 0.25) is 0 Å². The largest absolute Gasteiger partial charge is 0.468 e. The lowest BCUT2D eigenvalue weighted by molar-refractivity contribution is -0.142. The van der Waals surface area contributed by atoms with Crippen LogP contribution in [0.25, 0.3) is 0 Å². The van der Waals surface area contributed by atoms with E-state index in [4.69, 9.17) is 11.6 Å². The van der Waals surface area contributed by atoms with E-state index in [2.05, 4.69) is 4.74 Å². The molecule has 0 unspecified atom stereocenters. The molecule has 2 atom stereocenters. The van der Waals surface area contributed by atoms with Gasteiger partial charge in [-0.2, -0.15) is 0 Å². The Morgan fingerprint density at radius 1 is 1.47 bits per heavy atom. The highest BCUT2D eigenvalue weighted by molar-refractivity contribution is 6.30. The minimum Gasteiger partial charge on any atom is -0.468 e. The smallest absolute Gasteiger partial charge is 0.326 e. The van der Waals surface area contributed by atoms with E-state index in [0.29, 0.717) is 6.42 Å². The zero-order valence-corrected chi connectivity index (χ0v) is 9.15. The Bertz CT molecular complexity index is 313. The molecule has 0 spiro atoms. The van der Waals surface area contributed by atoms with Crippen LogP contribution in [0.1, 0.15) is 5.56 Å². The van der Waals surface area contributed by atoms with Gasteiger partial charge in [0.2, 0.25) is 0 Å². The van der Waals surface area contributed by atoms with E-state index in [1.165, 1.54) is 7.11 Å². The van der Waals surface area contributed by atoms with Gasteiger partial charge in [-0.25, -0.2) is 0 Å². The zero-order valence-electron chi connectivity index (χ0n) is 8.39. The van der Waals surface area contributed by atoms with Crippen molar-refractivity contribution >= 4 is 17.6 Å². The van der Waals surface area contributed by atoms with Gasteiger partial charge in [-0.3, -0.25) is 4.79 Å². The van der Waals surface area contributed by atoms with Crippen LogP contribution in [0.15, 0.2) is 30.3 Å².